The van der Waals surface area contributed by atoms with Crippen LogP contribution in [0.5, 0.6) is 0 Å². The summed E-state index contributed by atoms with van der Waals surface area (Å²) in [4.78, 5) is 9.46. The van der Waals surface area contributed by atoms with Gasteiger partial charge in [0, 0.05) is 10.4 Å². The van der Waals surface area contributed by atoms with Crippen molar-refractivity contribution in [1.82, 2.24) is 25.0 Å². The SMILES string of the molecule is CC(C)(C)c1nc(NCc2ccco2)c2nnn(Cc3ccccc3Cl)c2n1. The van der Waals surface area contributed by atoms with E-state index in [-0.39, 0.29) is 5.41 Å². The van der Waals surface area contributed by atoms with Crippen molar-refractivity contribution in [3.05, 3.63) is 64.8 Å². The fourth-order valence-corrected chi connectivity index (χ4v) is 2.99. The van der Waals surface area contributed by atoms with E-state index in [9.17, 15) is 0 Å². The van der Waals surface area contributed by atoms with Crippen LogP contribution in [-0.4, -0.2) is 25.0 Å². The molecule has 0 bridgehead atoms. The normalized spacial score (nSPS) is 11.9. The number of nitrogens with zero attached hydrogens (tertiary/aromatic N) is 5. The van der Waals surface area contributed by atoms with Gasteiger partial charge in [0.2, 0.25) is 0 Å². The molecule has 28 heavy (non-hydrogen) atoms. The van der Waals surface area contributed by atoms with Gasteiger partial charge in [0.25, 0.3) is 0 Å². The predicted molar refractivity (Wildman–Crippen MR) is 108 cm³/mol. The van der Waals surface area contributed by atoms with Gasteiger partial charge in [0.1, 0.15) is 11.6 Å². The second kappa shape index (κ2) is 7.24. The fourth-order valence-electron chi connectivity index (χ4n) is 2.79. The van der Waals surface area contributed by atoms with Crippen molar-refractivity contribution in [2.45, 2.75) is 39.3 Å². The summed E-state index contributed by atoms with van der Waals surface area (Å²) in [5, 5.41) is 12.6. The summed E-state index contributed by atoms with van der Waals surface area (Å²) >= 11 is 6.32. The van der Waals surface area contributed by atoms with E-state index in [2.05, 4.69) is 36.4 Å². The summed E-state index contributed by atoms with van der Waals surface area (Å²) in [5.41, 5.74) is 2.01. The van der Waals surface area contributed by atoms with Gasteiger partial charge in [-0.2, -0.15) is 0 Å². The zero-order valence-corrected chi connectivity index (χ0v) is 16.7. The molecule has 3 aromatic heterocycles. The Morgan fingerprint density at radius 3 is 2.64 bits per heavy atom. The number of hydrogen-bond donors (Lipinski definition) is 1. The number of fused-ring (bicyclic) bond motifs is 1. The maximum absolute atomic E-state index is 6.32. The van der Waals surface area contributed by atoms with E-state index >= 15 is 0 Å². The quantitative estimate of drug-likeness (QED) is 0.537. The number of rotatable bonds is 5. The molecule has 0 aliphatic carbocycles. The van der Waals surface area contributed by atoms with E-state index in [0.717, 1.165) is 11.3 Å². The highest BCUT2D eigenvalue weighted by molar-refractivity contribution is 6.31. The number of hydrogen-bond acceptors (Lipinski definition) is 6. The molecule has 0 unspecified atom stereocenters. The van der Waals surface area contributed by atoms with E-state index in [1.54, 1.807) is 10.9 Å². The van der Waals surface area contributed by atoms with Crippen molar-refractivity contribution in [1.29, 1.82) is 0 Å². The number of anilines is 1. The molecule has 7 nitrogen and oxygen atoms in total. The maximum atomic E-state index is 6.32. The molecule has 3 heterocycles. The largest absolute Gasteiger partial charge is 0.467 e. The lowest BCUT2D eigenvalue weighted by atomic mass is 9.96. The van der Waals surface area contributed by atoms with Crippen molar-refractivity contribution in [3.8, 4) is 0 Å². The van der Waals surface area contributed by atoms with Crippen LogP contribution in [-0.2, 0) is 18.5 Å². The number of furan rings is 1. The van der Waals surface area contributed by atoms with Gasteiger partial charge >= 0.3 is 0 Å². The Morgan fingerprint density at radius 2 is 1.93 bits per heavy atom. The summed E-state index contributed by atoms with van der Waals surface area (Å²) in [6, 6.07) is 11.4. The molecule has 144 valence electrons. The minimum atomic E-state index is -0.227. The van der Waals surface area contributed by atoms with Crippen molar-refractivity contribution in [2.75, 3.05) is 5.32 Å². The highest BCUT2D eigenvalue weighted by Crippen LogP contribution is 2.26. The molecule has 0 fully saturated rings. The number of nitrogens with one attached hydrogen (secondary N) is 1. The van der Waals surface area contributed by atoms with Crippen LogP contribution in [0, 0.1) is 0 Å². The van der Waals surface area contributed by atoms with Crippen LogP contribution < -0.4 is 5.32 Å². The first-order valence-corrected chi connectivity index (χ1v) is 9.41. The van der Waals surface area contributed by atoms with Crippen LogP contribution >= 0.6 is 11.6 Å². The monoisotopic (exact) mass is 396 g/mol. The van der Waals surface area contributed by atoms with Gasteiger partial charge in [0.05, 0.1) is 19.4 Å². The highest BCUT2D eigenvalue weighted by Gasteiger charge is 2.23. The Balaban J connectivity index is 1.76. The number of benzene rings is 1. The van der Waals surface area contributed by atoms with Gasteiger partial charge in [0.15, 0.2) is 17.0 Å². The minimum absolute atomic E-state index is 0.227. The van der Waals surface area contributed by atoms with E-state index in [1.807, 2.05) is 36.4 Å². The molecule has 4 rings (SSSR count). The third-order valence-corrected chi connectivity index (χ3v) is 4.69. The van der Waals surface area contributed by atoms with Crippen LogP contribution in [0.4, 0.5) is 5.82 Å². The first-order chi connectivity index (χ1) is 13.4. The first kappa shape index (κ1) is 18.4. The van der Waals surface area contributed by atoms with E-state index in [0.29, 0.717) is 40.9 Å². The molecule has 0 saturated carbocycles. The van der Waals surface area contributed by atoms with Gasteiger partial charge in [-0.15, -0.1) is 5.10 Å². The number of halogens is 1. The summed E-state index contributed by atoms with van der Waals surface area (Å²) in [5.74, 6) is 2.16. The molecule has 1 N–H and O–H groups in total. The minimum Gasteiger partial charge on any atom is -0.467 e. The van der Waals surface area contributed by atoms with Crippen molar-refractivity contribution >= 4 is 28.6 Å². The standard InChI is InChI=1S/C20H21ClN6O/c1-20(2,3)19-23-17(22-11-14-8-6-10-28-14)16-18(24-19)27(26-25-16)12-13-7-4-5-9-15(13)21/h4-10H,11-12H2,1-3H3,(H,22,23,24). The lowest BCUT2D eigenvalue weighted by Crippen LogP contribution is -2.18. The Morgan fingerprint density at radius 1 is 1.11 bits per heavy atom. The van der Waals surface area contributed by atoms with Gasteiger partial charge in [-0.25, -0.2) is 14.6 Å². The van der Waals surface area contributed by atoms with Gasteiger partial charge in [-0.05, 0) is 23.8 Å². The van der Waals surface area contributed by atoms with Gasteiger partial charge in [-0.1, -0.05) is 55.8 Å². The lowest BCUT2D eigenvalue weighted by Gasteiger charge is -2.18. The topological polar surface area (TPSA) is 81.7 Å². The van der Waals surface area contributed by atoms with E-state index < -0.39 is 0 Å². The smallest absolute Gasteiger partial charge is 0.184 e. The maximum Gasteiger partial charge on any atom is 0.184 e. The molecular weight excluding hydrogens is 376 g/mol. The molecule has 1 aromatic carbocycles. The molecule has 0 atom stereocenters. The fraction of sp³-hybridized carbons (Fsp3) is 0.300. The lowest BCUT2D eigenvalue weighted by molar-refractivity contribution is 0.517. The Labute approximate surface area is 167 Å². The van der Waals surface area contributed by atoms with Gasteiger partial charge in [-0.3, -0.25) is 0 Å². The molecule has 0 aliphatic rings. The molecule has 0 amide bonds. The van der Waals surface area contributed by atoms with Crippen LogP contribution in [0.2, 0.25) is 5.02 Å². The molecule has 4 aromatic rings. The second-order valence-corrected chi connectivity index (χ2v) is 8.00. The summed E-state index contributed by atoms with van der Waals surface area (Å²) < 4.78 is 7.16. The van der Waals surface area contributed by atoms with E-state index in [1.165, 1.54) is 0 Å². The predicted octanol–water partition coefficient (Wildman–Crippen LogP) is 4.43. The Hall–Kier alpha value is -2.93. The van der Waals surface area contributed by atoms with Crippen LogP contribution in [0.25, 0.3) is 11.2 Å². The average Bonchev–Trinajstić information content (AvgIpc) is 3.31. The third-order valence-electron chi connectivity index (χ3n) is 4.32. The first-order valence-electron chi connectivity index (χ1n) is 9.03. The highest BCUT2D eigenvalue weighted by atomic mass is 35.5. The summed E-state index contributed by atoms with van der Waals surface area (Å²) in [6.45, 7) is 7.21. The summed E-state index contributed by atoms with van der Waals surface area (Å²) in [7, 11) is 0. The van der Waals surface area contributed by atoms with E-state index in [4.69, 9.17) is 26.0 Å². The average molecular weight is 397 g/mol. The summed E-state index contributed by atoms with van der Waals surface area (Å²) in [6.07, 6.45) is 1.65. The van der Waals surface area contributed by atoms with Crippen LogP contribution in [0.1, 0.15) is 37.9 Å². The third kappa shape index (κ3) is 3.71. The van der Waals surface area contributed by atoms with Crippen molar-refractivity contribution in [2.24, 2.45) is 0 Å². The molecular formula is C20H21ClN6O. The van der Waals surface area contributed by atoms with Gasteiger partial charge < -0.3 is 9.73 Å². The van der Waals surface area contributed by atoms with Crippen LogP contribution in [0.15, 0.2) is 47.1 Å². The number of aromatic nitrogens is 5. The van der Waals surface area contributed by atoms with Crippen molar-refractivity contribution in [3.63, 3.8) is 0 Å². The Kier molecular flexibility index (Phi) is 4.77. The Bertz CT molecular complexity index is 1100. The molecule has 0 saturated heterocycles. The molecule has 8 heteroatoms. The molecule has 0 spiro atoms. The molecule has 0 radical (unpaired) electrons. The van der Waals surface area contributed by atoms with Crippen LogP contribution in [0.3, 0.4) is 0 Å². The van der Waals surface area contributed by atoms with Crippen molar-refractivity contribution < 1.29 is 4.42 Å². The zero-order valence-electron chi connectivity index (χ0n) is 16.0. The second-order valence-electron chi connectivity index (χ2n) is 7.59. The molecule has 0 aliphatic heterocycles. The zero-order chi connectivity index (χ0) is 19.7.